The van der Waals surface area contributed by atoms with Crippen molar-refractivity contribution in [3.05, 3.63) is 11.7 Å². The largest absolute Gasteiger partial charge is 0.384 e. The number of nitrogens with zero attached hydrogens (tertiary/aromatic N) is 3. The van der Waals surface area contributed by atoms with Gasteiger partial charge in [-0.1, -0.05) is 5.16 Å². The average Bonchev–Trinajstić information content (AvgIpc) is 2.78. The molecule has 5 heteroatoms. The summed E-state index contributed by atoms with van der Waals surface area (Å²) in [5.41, 5.74) is 0. The molecule has 0 radical (unpaired) electrons. The Labute approximate surface area is 102 Å². The summed E-state index contributed by atoms with van der Waals surface area (Å²) in [6.07, 6.45) is 1.46. The van der Waals surface area contributed by atoms with E-state index < -0.39 is 6.10 Å². The summed E-state index contributed by atoms with van der Waals surface area (Å²) in [4.78, 5) is 6.72. The quantitative estimate of drug-likeness (QED) is 0.870. The van der Waals surface area contributed by atoms with Gasteiger partial charge in [-0.05, 0) is 46.7 Å². The maximum atomic E-state index is 9.35. The molecular weight excluding hydrogens is 218 g/mol. The molecule has 1 saturated heterocycles. The smallest absolute Gasteiger partial charge is 0.255 e. The van der Waals surface area contributed by atoms with Crippen LogP contribution in [0.2, 0.25) is 0 Å². The van der Waals surface area contributed by atoms with Crippen LogP contribution < -0.4 is 0 Å². The van der Waals surface area contributed by atoms with E-state index in [1.54, 1.807) is 6.92 Å². The maximum Gasteiger partial charge on any atom is 0.255 e. The molecule has 1 aromatic heterocycles. The minimum absolute atomic E-state index is 0.325. The Morgan fingerprint density at radius 3 is 2.41 bits per heavy atom. The predicted molar refractivity (Wildman–Crippen MR) is 63.6 cm³/mol. The van der Waals surface area contributed by atoms with Crippen LogP contribution in [0.25, 0.3) is 0 Å². The Balaban J connectivity index is 1.96. The second-order valence-electron chi connectivity index (χ2n) is 5.07. The summed E-state index contributed by atoms with van der Waals surface area (Å²) >= 11 is 0. The van der Waals surface area contributed by atoms with E-state index in [0.717, 1.165) is 31.8 Å². The molecule has 0 saturated carbocycles. The molecule has 2 heterocycles. The van der Waals surface area contributed by atoms with E-state index in [1.807, 2.05) is 0 Å². The number of aliphatic hydroxyl groups is 1. The molecule has 2 rings (SSSR count). The minimum Gasteiger partial charge on any atom is -0.384 e. The number of rotatable bonds is 3. The van der Waals surface area contributed by atoms with Gasteiger partial charge in [0.25, 0.3) is 5.89 Å². The summed E-state index contributed by atoms with van der Waals surface area (Å²) in [5.74, 6) is 1.46. The van der Waals surface area contributed by atoms with Gasteiger partial charge in [-0.15, -0.1) is 0 Å². The summed E-state index contributed by atoms with van der Waals surface area (Å²) in [6, 6.07) is 0.606. The van der Waals surface area contributed by atoms with Crippen LogP contribution in [0, 0.1) is 0 Å². The zero-order chi connectivity index (χ0) is 12.4. The fourth-order valence-electron chi connectivity index (χ4n) is 2.26. The first-order valence-electron chi connectivity index (χ1n) is 6.33. The van der Waals surface area contributed by atoms with Crippen LogP contribution in [0.4, 0.5) is 0 Å². The standard InChI is InChI=1S/C12H21N3O2/c1-8(2)15-6-4-10(5-7-15)11-13-12(9(3)16)17-14-11/h8-10,16H,4-7H2,1-3H3. The average molecular weight is 239 g/mol. The van der Waals surface area contributed by atoms with E-state index >= 15 is 0 Å². The van der Waals surface area contributed by atoms with Crippen LogP contribution >= 0.6 is 0 Å². The van der Waals surface area contributed by atoms with Crippen molar-refractivity contribution in [1.82, 2.24) is 15.0 Å². The van der Waals surface area contributed by atoms with Crippen molar-refractivity contribution >= 4 is 0 Å². The monoisotopic (exact) mass is 239 g/mol. The van der Waals surface area contributed by atoms with Gasteiger partial charge in [0.05, 0.1) is 0 Å². The lowest BCUT2D eigenvalue weighted by Gasteiger charge is -2.33. The number of aromatic nitrogens is 2. The normalized spacial score (nSPS) is 21.0. The number of likely N-dealkylation sites (tertiary alicyclic amines) is 1. The van der Waals surface area contributed by atoms with Crippen LogP contribution in [-0.4, -0.2) is 39.3 Å². The minimum atomic E-state index is -0.674. The maximum absolute atomic E-state index is 9.35. The van der Waals surface area contributed by atoms with E-state index in [9.17, 15) is 5.11 Å². The molecule has 1 unspecified atom stereocenters. The Kier molecular flexibility index (Phi) is 3.79. The zero-order valence-electron chi connectivity index (χ0n) is 10.8. The summed E-state index contributed by atoms with van der Waals surface area (Å²) in [5, 5.41) is 13.3. The third-order valence-electron chi connectivity index (χ3n) is 3.44. The first-order valence-corrected chi connectivity index (χ1v) is 6.33. The molecular formula is C12H21N3O2. The van der Waals surface area contributed by atoms with Gasteiger partial charge >= 0.3 is 0 Å². The lowest BCUT2D eigenvalue weighted by Crippen LogP contribution is -2.38. The van der Waals surface area contributed by atoms with Crippen molar-refractivity contribution in [2.24, 2.45) is 0 Å². The first-order chi connectivity index (χ1) is 8.08. The lowest BCUT2D eigenvalue weighted by molar-refractivity contribution is 0.151. The Morgan fingerprint density at radius 1 is 1.29 bits per heavy atom. The van der Waals surface area contributed by atoms with Crippen LogP contribution in [0.3, 0.4) is 0 Å². The molecule has 1 fully saturated rings. The van der Waals surface area contributed by atoms with Gasteiger partial charge in [-0.3, -0.25) is 0 Å². The van der Waals surface area contributed by atoms with E-state index in [-0.39, 0.29) is 0 Å². The van der Waals surface area contributed by atoms with Crippen LogP contribution in [-0.2, 0) is 0 Å². The molecule has 0 amide bonds. The third kappa shape index (κ3) is 2.84. The highest BCUT2D eigenvalue weighted by Crippen LogP contribution is 2.27. The van der Waals surface area contributed by atoms with Gasteiger partial charge in [-0.2, -0.15) is 4.98 Å². The van der Waals surface area contributed by atoms with Gasteiger partial charge in [-0.25, -0.2) is 0 Å². The molecule has 0 spiro atoms. The summed E-state index contributed by atoms with van der Waals surface area (Å²) in [7, 11) is 0. The molecule has 5 nitrogen and oxygen atoms in total. The SMILES string of the molecule is CC(O)c1nc(C2CCN(C(C)C)CC2)no1. The van der Waals surface area contributed by atoms with Crippen molar-refractivity contribution in [2.45, 2.75) is 51.7 Å². The molecule has 0 aromatic carbocycles. The number of hydrogen-bond acceptors (Lipinski definition) is 5. The fraction of sp³-hybridized carbons (Fsp3) is 0.833. The number of piperidine rings is 1. The van der Waals surface area contributed by atoms with Crippen molar-refractivity contribution in [3.8, 4) is 0 Å². The Hall–Kier alpha value is -0.940. The molecule has 17 heavy (non-hydrogen) atoms. The molecule has 0 bridgehead atoms. The van der Waals surface area contributed by atoms with Crippen molar-refractivity contribution < 1.29 is 9.63 Å². The number of aliphatic hydroxyl groups excluding tert-OH is 1. The van der Waals surface area contributed by atoms with Gasteiger partial charge in [0.1, 0.15) is 6.10 Å². The Morgan fingerprint density at radius 2 is 1.94 bits per heavy atom. The molecule has 1 atom stereocenters. The van der Waals surface area contributed by atoms with E-state index in [2.05, 4.69) is 28.9 Å². The van der Waals surface area contributed by atoms with E-state index in [1.165, 1.54) is 0 Å². The second kappa shape index (κ2) is 5.14. The van der Waals surface area contributed by atoms with Gasteiger partial charge in [0.2, 0.25) is 0 Å². The molecule has 1 aliphatic heterocycles. The molecule has 1 N–H and O–H groups in total. The molecule has 0 aliphatic carbocycles. The predicted octanol–water partition coefficient (Wildman–Crippen LogP) is 1.71. The highest BCUT2D eigenvalue weighted by Gasteiger charge is 2.26. The highest BCUT2D eigenvalue weighted by atomic mass is 16.5. The molecule has 1 aromatic rings. The third-order valence-corrected chi connectivity index (χ3v) is 3.44. The van der Waals surface area contributed by atoms with E-state index in [0.29, 0.717) is 17.9 Å². The number of hydrogen-bond donors (Lipinski definition) is 1. The topological polar surface area (TPSA) is 62.4 Å². The highest BCUT2D eigenvalue weighted by molar-refractivity contribution is 4.99. The zero-order valence-corrected chi connectivity index (χ0v) is 10.8. The van der Waals surface area contributed by atoms with Crippen LogP contribution in [0.15, 0.2) is 4.52 Å². The Bertz CT molecular complexity index is 354. The van der Waals surface area contributed by atoms with E-state index in [4.69, 9.17) is 4.52 Å². The van der Waals surface area contributed by atoms with Crippen molar-refractivity contribution in [3.63, 3.8) is 0 Å². The van der Waals surface area contributed by atoms with Crippen LogP contribution in [0.5, 0.6) is 0 Å². The first kappa shape index (κ1) is 12.5. The van der Waals surface area contributed by atoms with Crippen LogP contribution in [0.1, 0.15) is 57.3 Å². The van der Waals surface area contributed by atoms with Crippen molar-refractivity contribution in [1.29, 1.82) is 0 Å². The fourth-order valence-corrected chi connectivity index (χ4v) is 2.26. The summed E-state index contributed by atoms with van der Waals surface area (Å²) in [6.45, 7) is 8.25. The molecule has 1 aliphatic rings. The van der Waals surface area contributed by atoms with Gasteiger partial charge in [0.15, 0.2) is 5.82 Å². The van der Waals surface area contributed by atoms with Gasteiger partial charge < -0.3 is 14.5 Å². The van der Waals surface area contributed by atoms with Crippen molar-refractivity contribution in [2.75, 3.05) is 13.1 Å². The lowest BCUT2D eigenvalue weighted by atomic mass is 9.95. The summed E-state index contributed by atoms with van der Waals surface area (Å²) < 4.78 is 5.03. The van der Waals surface area contributed by atoms with Gasteiger partial charge in [0, 0.05) is 12.0 Å². The second-order valence-corrected chi connectivity index (χ2v) is 5.07. The molecule has 96 valence electrons.